The van der Waals surface area contributed by atoms with Crippen molar-refractivity contribution < 1.29 is 32.9 Å². The molecule has 0 N–H and O–H groups in total. The third-order valence-electron chi connectivity index (χ3n) is 11.1. The Morgan fingerprint density at radius 3 is 2.28 bits per heavy atom. The molecule has 4 aliphatic rings. The number of fused-ring (bicyclic) bond motifs is 2. The lowest BCUT2D eigenvalue weighted by Gasteiger charge is -2.56. The van der Waals surface area contributed by atoms with Crippen LogP contribution in [0.5, 0.6) is 0 Å². The zero-order chi connectivity index (χ0) is 30.8. The highest BCUT2D eigenvalue weighted by atomic mass is 28.4. The van der Waals surface area contributed by atoms with E-state index in [-0.39, 0.29) is 67.5 Å². The summed E-state index contributed by atoms with van der Waals surface area (Å²) in [6.07, 6.45) is 4.35. The molecule has 8 heteroatoms. The second kappa shape index (κ2) is 14.0. The van der Waals surface area contributed by atoms with Crippen molar-refractivity contribution in [1.29, 1.82) is 0 Å². The van der Waals surface area contributed by atoms with Crippen LogP contribution < -0.4 is 0 Å². The van der Waals surface area contributed by atoms with Crippen molar-refractivity contribution in [2.75, 3.05) is 0 Å². The Bertz CT molecular complexity index is 1040. The number of rotatable bonds is 11. The summed E-state index contributed by atoms with van der Waals surface area (Å²) < 4.78 is 40.0. The van der Waals surface area contributed by atoms with Crippen molar-refractivity contribution in [3.8, 4) is 0 Å². The highest BCUT2D eigenvalue weighted by molar-refractivity contribution is 6.73. The molecule has 5 rings (SSSR count). The van der Waals surface area contributed by atoms with Crippen LogP contribution in [0.1, 0.15) is 92.6 Å². The van der Waals surface area contributed by atoms with Gasteiger partial charge in [0.15, 0.2) is 14.1 Å². The smallest absolute Gasteiger partial charge is 0.308 e. The first kappa shape index (κ1) is 33.1. The normalized spacial score (nSPS) is 38.3. The summed E-state index contributed by atoms with van der Waals surface area (Å²) >= 11 is 0. The molecular formula is C35H56O7Si. The average molecular weight is 617 g/mol. The van der Waals surface area contributed by atoms with Gasteiger partial charge in [-0.1, -0.05) is 85.2 Å². The fourth-order valence-electron chi connectivity index (χ4n) is 8.10. The van der Waals surface area contributed by atoms with E-state index < -0.39 is 20.2 Å². The molecule has 11 atom stereocenters. The van der Waals surface area contributed by atoms with E-state index >= 15 is 0 Å². The minimum atomic E-state index is -1.96. The zero-order valence-electron chi connectivity index (χ0n) is 27.6. The fourth-order valence-corrected chi connectivity index (χ4v) is 11.1. The molecule has 0 aromatic heterocycles. The quantitative estimate of drug-likeness (QED) is 0.189. The molecule has 4 aliphatic heterocycles. The van der Waals surface area contributed by atoms with Crippen LogP contribution >= 0.6 is 0 Å². The summed E-state index contributed by atoms with van der Waals surface area (Å²) in [7, 11) is -1.96. The molecule has 0 bridgehead atoms. The average Bonchev–Trinajstić information content (AvgIpc) is 3.42. The lowest BCUT2D eigenvalue weighted by molar-refractivity contribution is -0.372. The Kier molecular flexibility index (Phi) is 10.8. The van der Waals surface area contributed by atoms with Crippen LogP contribution in [0.15, 0.2) is 30.3 Å². The van der Waals surface area contributed by atoms with Gasteiger partial charge >= 0.3 is 5.97 Å². The second-order valence-electron chi connectivity index (χ2n) is 14.0. The van der Waals surface area contributed by atoms with E-state index in [1.807, 2.05) is 30.3 Å². The molecule has 0 radical (unpaired) electrons. The molecule has 4 heterocycles. The number of carbonyl (C=O) groups excluding carboxylic acids is 1. The maximum absolute atomic E-state index is 13.3. The van der Waals surface area contributed by atoms with Crippen LogP contribution in [0.2, 0.25) is 18.1 Å². The molecule has 242 valence electrons. The molecular weight excluding hydrogens is 560 g/mol. The van der Waals surface area contributed by atoms with Crippen molar-refractivity contribution in [2.24, 2.45) is 17.8 Å². The Morgan fingerprint density at radius 2 is 1.60 bits per heavy atom. The van der Waals surface area contributed by atoms with E-state index in [4.69, 9.17) is 28.1 Å². The standard InChI is InChI=1S/C35H56O7Si/c1-8-23(5)27-17-29-28(38-27)18-30-33(39-29)24(6)20-35(40-30)21-25(7)34(42-43(9-2,10-3)11-4)31(41-35)19-32(36)37-22-26-15-13-12-14-16-26/h12-16,23-25,27-31,33-34H,8-11,17-22H2,1-7H3/t23-,24-,25-,27-,28+,29+,30-,31-,33-,34?,35+/m0/s1. The maximum Gasteiger partial charge on any atom is 0.308 e. The highest BCUT2D eigenvalue weighted by Gasteiger charge is 2.58. The summed E-state index contributed by atoms with van der Waals surface area (Å²) in [5.41, 5.74) is 0.975. The van der Waals surface area contributed by atoms with Crippen molar-refractivity contribution in [1.82, 2.24) is 0 Å². The van der Waals surface area contributed by atoms with Gasteiger partial charge < -0.3 is 28.1 Å². The molecule has 0 aliphatic carbocycles. The van der Waals surface area contributed by atoms with E-state index in [0.717, 1.165) is 55.8 Å². The molecule has 7 nitrogen and oxygen atoms in total. The monoisotopic (exact) mass is 616 g/mol. The van der Waals surface area contributed by atoms with Gasteiger partial charge in [0.25, 0.3) is 0 Å². The Balaban J connectivity index is 1.33. The fraction of sp³-hybridized carbons (Fsp3) is 0.800. The maximum atomic E-state index is 13.3. The largest absolute Gasteiger partial charge is 0.461 e. The van der Waals surface area contributed by atoms with Crippen LogP contribution in [0.4, 0.5) is 0 Å². The van der Waals surface area contributed by atoms with Crippen molar-refractivity contribution in [3.63, 3.8) is 0 Å². The molecule has 43 heavy (non-hydrogen) atoms. The van der Waals surface area contributed by atoms with Crippen LogP contribution in [0.25, 0.3) is 0 Å². The molecule has 0 saturated carbocycles. The van der Waals surface area contributed by atoms with E-state index in [2.05, 4.69) is 48.5 Å². The van der Waals surface area contributed by atoms with Gasteiger partial charge in [-0.05, 0) is 41.4 Å². The topological polar surface area (TPSA) is 72.5 Å². The van der Waals surface area contributed by atoms with Crippen molar-refractivity contribution >= 4 is 14.3 Å². The molecule has 4 saturated heterocycles. The molecule has 1 unspecified atom stereocenters. The van der Waals surface area contributed by atoms with Crippen LogP contribution in [0, 0.1) is 17.8 Å². The van der Waals surface area contributed by atoms with Crippen LogP contribution in [-0.2, 0) is 39.5 Å². The lowest BCUT2D eigenvalue weighted by Crippen LogP contribution is -2.64. The summed E-state index contributed by atoms with van der Waals surface area (Å²) in [6.45, 7) is 16.0. The SMILES string of the molecule is CC[C@H](C)[C@@H]1C[C@H]2O[C@@H]3[C@H](C[C@H]2O1)O[C@]1(C[C@H](C)C(O[Si](CC)(CC)CC)[C@H](CC(=O)OCc2ccccc2)O1)C[C@@H]3C. The van der Waals surface area contributed by atoms with Gasteiger partial charge in [-0.15, -0.1) is 0 Å². The Morgan fingerprint density at radius 1 is 0.930 bits per heavy atom. The predicted octanol–water partition coefficient (Wildman–Crippen LogP) is 7.42. The molecule has 0 amide bonds. The third-order valence-corrected chi connectivity index (χ3v) is 15.7. The Labute approximate surface area is 260 Å². The minimum Gasteiger partial charge on any atom is -0.461 e. The number of esters is 1. The number of hydrogen-bond donors (Lipinski definition) is 0. The predicted molar refractivity (Wildman–Crippen MR) is 169 cm³/mol. The van der Waals surface area contributed by atoms with Crippen molar-refractivity contribution in [3.05, 3.63) is 35.9 Å². The highest BCUT2D eigenvalue weighted by Crippen LogP contribution is 2.50. The third kappa shape index (κ3) is 7.25. The van der Waals surface area contributed by atoms with Crippen molar-refractivity contribution in [2.45, 2.75) is 160 Å². The molecule has 4 fully saturated rings. The first-order valence-electron chi connectivity index (χ1n) is 17.2. The van der Waals surface area contributed by atoms with Crippen LogP contribution in [-0.4, -0.2) is 62.8 Å². The van der Waals surface area contributed by atoms with Crippen LogP contribution in [0.3, 0.4) is 0 Å². The first-order chi connectivity index (χ1) is 20.6. The van der Waals surface area contributed by atoms with E-state index in [0.29, 0.717) is 5.92 Å². The van der Waals surface area contributed by atoms with Gasteiger partial charge in [-0.3, -0.25) is 4.79 Å². The first-order valence-corrected chi connectivity index (χ1v) is 19.7. The summed E-state index contributed by atoms with van der Waals surface area (Å²) in [5.74, 6) is -0.0644. The van der Waals surface area contributed by atoms with E-state index in [9.17, 15) is 4.79 Å². The van der Waals surface area contributed by atoms with E-state index in [1.165, 1.54) is 0 Å². The number of ether oxygens (including phenoxy) is 5. The van der Waals surface area contributed by atoms with E-state index in [1.54, 1.807) is 0 Å². The Hall–Kier alpha value is -1.29. The van der Waals surface area contributed by atoms with Gasteiger partial charge in [0.2, 0.25) is 0 Å². The lowest BCUT2D eigenvalue weighted by atomic mass is 9.78. The summed E-state index contributed by atoms with van der Waals surface area (Å²) in [4.78, 5) is 13.3. The van der Waals surface area contributed by atoms with Gasteiger partial charge in [0.1, 0.15) is 6.61 Å². The summed E-state index contributed by atoms with van der Waals surface area (Å²) in [5, 5.41) is 0. The second-order valence-corrected chi connectivity index (χ2v) is 18.7. The number of benzene rings is 1. The van der Waals surface area contributed by atoms with Gasteiger partial charge in [-0.25, -0.2) is 0 Å². The number of hydrogen-bond acceptors (Lipinski definition) is 7. The number of carbonyl (C=O) groups is 1. The van der Waals surface area contributed by atoms with Gasteiger partial charge in [0, 0.05) is 25.7 Å². The van der Waals surface area contributed by atoms with Gasteiger partial charge in [-0.2, -0.15) is 0 Å². The molecule has 1 aromatic carbocycles. The minimum absolute atomic E-state index is 0.0358. The molecule has 1 aromatic rings. The van der Waals surface area contributed by atoms with Gasteiger partial charge in [0.05, 0.1) is 49.1 Å². The molecule has 1 spiro atoms. The zero-order valence-corrected chi connectivity index (χ0v) is 28.6. The summed E-state index contributed by atoms with van der Waals surface area (Å²) in [6, 6.07) is 13.0.